The molecule has 0 amide bonds. The molecule has 0 atom stereocenters. The highest BCUT2D eigenvalue weighted by atomic mass is 19.2. The maximum atomic E-state index is 15.4. The molecule has 9 heteroatoms. The highest BCUT2D eigenvalue weighted by Crippen LogP contribution is 2.44. The van der Waals surface area contributed by atoms with E-state index in [0.717, 1.165) is 39.7 Å². The summed E-state index contributed by atoms with van der Waals surface area (Å²) >= 11 is 0. The summed E-state index contributed by atoms with van der Waals surface area (Å²) in [5.41, 5.74) is 6.35. The van der Waals surface area contributed by atoms with Crippen LogP contribution in [0.4, 0.5) is 30.2 Å². The molecule has 0 unspecified atom stereocenters. The summed E-state index contributed by atoms with van der Waals surface area (Å²) in [7, 11) is 1.44. The van der Waals surface area contributed by atoms with Crippen LogP contribution in [-0.4, -0.2) is 17.1 Å². The first kappa shape index (κ1) is 32.1. The predicted molar refractivity (Wildman–Crippen MR) is 181 cm³/mol. The normalized spacial score (nSPS) is 10.9. The van der Waals surface area contributed by atoms with Crippen molar-refractivity contribution in [3.63, 3.8) is 0 Å². The molecule has 2 heterocycles. The second-order valence-electron chi connectivity index (χ2n) is 11.4. The van der Waals surface area contributed by atoms with Crippen molar-refractivity contribution in [3.05, 3.63) is 143 Å². The van der Waals surface area contributed by atoms with E-state index in [4.69, 9.17) is 14.2 Å². The topological polar surface area (TPSA) is 56.7 Å². The zero-order valence-electron chi connectivity index (χ0n) is 27.0. The number of halogens is 3. The van der Waals surface area contributed by atoms with Crippen LogP contribution in [0, 0.1) is 45.1 Å². The quantitative estimate of drug-likeness (QED) is 0.146. The van der Waals surface area contributed by atoms with Gasteiger partial charge in [0.05, 0.1) is 18.5 Å². The summed E-state index contributed by atoms with van der Waals surface area (Å²) in [4.78, 5) is 10.5. The van der Waals surface area contributed by atoms with Gasteiger partial charge in [0, 0.05) is 59.7 Å². The van der Waals surface area contributed by atoms with Crippen molar-refractivity contribution in [2.75, 3.05) is 12.0 Å². The molecule has 0 aliphatic carbocycles. The molecule has 6 rings (SSSR count). The molecule has 0 aliphatic heterocycles. The number of aromatic nitrogens is 2. The van der Waals surface area contributed by atoms with Crippen LogP contribution in [-0.2, 0) is 0 Å². The molecule has 0 aliphatic rings. The Morgan fingerprint density at radius 1 is 0.583 bits per heavy atom. The molecular formula is C39H32F3N3O3. The van der Waals surface area contributed by atoms with Crippen LogP contribution in [0.1, 0.15) is 22.3 Å². The number of hydrogen-bond acceptors (Lipinski definition) is 6. The lowest BCUT2D eigenvalue weighted by Gasteiger charge is -2.29. The molecule has 242 valence electrons. The molecule has 0 saturated carbocycles. The van der Waals surface area contributed by atoms with Gasteiger partial charge in [-0.1, -0.05) is 41.5 Å². The van der Waals surface area contributed by atoms with Crippen LogP contribution in [0.15, 0.2) is 103 Å². The molecule has 4 aromatic carbocycles. The van der Waals surface area contributed by atoms with Crippen molar-refractivity contribution in [2.24, 2.45) is 0 Å². The number of rotatable bonds is 9. The standard InChI is InChI=1S/C39H32F3N3O3/c1-23-9-11-33(25(3)16-23)45(34-12-10-24(2)17-26(34)4)27-18-29(20-30(19-27)48-36-8-6-7-14-44-36)47-35-22-31(37(40)39(42)38(35)41)32-21-28(46-5)13-15-43-32/h6-22H,1-5H3. The van der Waals surface area contributed by atoms with E-state index >= 15 is 13.2 Å². The number of benzene rings is 4. The van der Waals surface area contributed by atoms with Gasteiger partial charge in [-0.05, 0) is 69.2 Å². The van der Waals surface area contributed by atoms with Gasteiger partial charge in [0.2, 0.25) is 11.7 Å². The van der Waals surface area contributed by atoms with Crippen molar-refractivity contribution >= 4 is 17.1 Å². The Hall–Kier alpha value is -5.83. The second-order valence-corrected chi connectivity index (χ2v) is 11.4. The molecule has 2 aromatic heterocycles. The summed E-state index contributed by atoms with van der Waals surface area (Å²) in [6.07, 6.45) is 2.98. The Labute approximate surface area is 277 Å². The van der Waals surface area contributed by atoms with Gasteiger partial charge in [-0.3, -0.25) is 4.98 Å². The molecule has 0 saturated heterocycles. The van der Waals surface area contributed by atoms with Crippen LogP contribution >= 0.6 is 0 Å². The fourth-order valence-corrected chi connectivity index (χ4v) is 5.51. The summed E-state index contributed by atoms with van der Waals surface area (Å²) in [5.74, 6) is -4.02. The fourth-order valence-electron chi connectivity index (χ4n) is 5.51. The third kappa shape index (κ3) is 6.66. The van der Waals surface area contributed by atoms with Crippen LogP contribution in [0.5, 0.6) is 28.9 Å². The van der Waals surface area contributed by atoms with E-state index in [1.165, 1.54) is 25.4 Å². The summed E-state index contributed by atoms with van der Waals surface area (Å²) < 4.78 is 62.9. The second kappa shape index (κ2) is 13.5. The Kier molecular flexibility index (Phi) is 9.03. The Morgan fingerprint density at radius 2 is 1.25 bits per heavy atom. The van der Waals surface area contributed by atoms with Crippen LogP contribution in [0.3, 0.4) is 0 Å². The average molecular weight is 648 g/mol. The first-order valence-electron chi connectivity index (χ1n) is 15.2. The number of pyridine rings is 2. The van der Waals surface area contributed by atoms with Gasteiger partial charge in [0.1, 0.15) is 17.2 Å². The number of nitrogens with zero attached hydrogens (tertiary/aromatic N) is 3. The van der Waals surface area contributed by atoms with Gasteiger partial charge < -0.3 is 19.1 Å². The van der Waals surface area contributed by atoms with Crippen molar-refractivity contribution in [3.8, 4) is 40.1 Å². The highest BCUT2D eigenvalue weighted by molar-refractivity contribution is 5.81. The van der Waals surface area contributed by atoms with Crippen LogP contribution < -0.4 is 19.1 Å². The van der Waals surface area contributed by atoms with E-state index in [9.17, 15) is 0 Å². The largest absolute Gasteiger partial charge is 0.497 e. The molecule has 6 aromatic rings. The molecule has 48 heavy (non-hydrogen) atoms. The first-order valence-corrected chi connectivity index (χ1v) is 15.2. The lowest BCUT2D eigenvalue weighted by Crippen LogP contribution is -2.13. The average Bonchev–Trinajstić information content (AvgIpc) is 3.07. The van der Waals surface area contributed by atoms with E-state index in [-0.39, 0.29) is 17.0 Å². The molecule has 0 fully saturated rings. The number of aryl methyl sites for hydroxylation is 4. The van der Waals surface area contributed by atoms with Crippen molar-refractivity contribution < 1.29 is 27.4 Å². The third-order valence-electron chi connectivity index (χ3n) is 7.75. The van der Waals surface area contributed by atoms with Gasteiger partial charge >= 0.3 is 0 Å². The molecule has 0 N–H and O–H groups in total. The number of ether oxygens (including phenoxy) is 3. The molecule has 0 spiro atoms. The minimum Gasteiger partial charge on any atom is -0.497 e. The number of methoxy groups -OCH3 is 1. The Morgan fingerprint density at radius 3 is 1.85 bits per heavy atom. The minimum atomic E-state index is -1.69. The lowest BCUT2D eigenvalue weighted by molar-refractivity contribution is 0.393. The van der Waals surface area contributed by atoms with Gasteiger partial charge in [0.25, 0.3) is 0 Å². The SMILES string of the molecule is COc1ccnc(-c2cc(Oc3cc(Oc4ccccn4)cc(N(c4ccc(C)cc4C)c4ccc(C)cc4C)c3)c(F)c(F)c2F)c1. The molecule has 0 bridgehead atoms. The van der Waals surface area contributed by atoms with Crippen molar-refractivity contribution in [1.29, 1.82) is 0 Å². The molecule has 6 nitrogen and oxygen atoms in total. The maximum absolute atomic E-state index is 15.4. The summed E-state index contributed by atoms with van der Waals surface area (Å²) in [6.45, 7) is 8.10. The van der Waals surface area contributed by atoms with Gasteiger partial charge in [-0.15, -0.1) is 0 Å². The summed E-state index contributed by atoms with van der Waals surface area (Å²) in [6, 6.07) is 26.6. The summed E-state index contributed by atoms with van der Waals surface area (Å²) in [5, 5.41) is 0. The zero-order valence-corrected chi connectivity index (χ0v) is 27.0. The van der Waals surface area contributed by atoms with Gasteiger partial charge in [-0.25, -0.2) is 13.8 Å². The van der Waals surface area contributed by atoms with E-state index in [0.29, 0.717) is 23.1 Å². The first-order chi connectivity index (χ1) is 23.1. The highest BCUT2D eigenvalue weighted by Gasteiger charge is 2.24. The number of anilines is 3. The Bertz CT molecular complexity index is 2070. The number of hydrogen-bond donors (Lipinski definition) is 0. The monoisotopic (exact) mass is 647 g/mol. The van der Waals surface area contributed by atoms with Gasteiger partial charge in [-0.2, -0.15) is 4.39 Å². The van der Waals surface area contributed by atoms with Crippen molar-refractivity contribution in [1.82, 2.24) is 9.97 Å². The maximum Gasteiger partial charge on any atom is 0.219 e. The zero-order chi connectivity index (χ0) is 33.9. The van der Waals surface area contributed by atoms with Crippen LogP contribution in [0.25, 0.3) is 11.3 Å². The minimum absolute atomic E-state index is 0.0411. The molecule has 0 radical (unpaired) electrons. The van der Waals surface area contributed by atoms with Crippen LogP contribution in [0.2, 0.25) is 0 Å². The lowest BCUT2D eigenvalue weighted by atomic mass is 10.0. The fraction of sp³-hybridized carbons (Fsp3) is 0.128. The molecular weight excluding hydrogens is 615 g/mol. The predicted octanol–water partition coefficient (Wildman–Crippen LogP) is 10.9. The van der Waals surface area contributed by atoms with E-state index < -0.39 is 23.2 Å². The van der Waals surface area contributed by atoms with E-state index in [1.54, 1.807) is 36.5 Å². The smallest absolute Gasteiger partial charge is 0.219 e. The van der Waals surface area contributed by atoms with Crippen molar-refractivity contribution in [2.45, 2.75) is 27.7 Å². The third-order valence-corrected chi connectivity index (χ3v) is 7.75. The van der Waals surface area contributed by atoms with Gasteiger partial charge in [0.15, 0.2) is 17.4 Å². The van der Waals surface area contributed by atoms with E-state index in [1.807, 2.05) is 58.0 Å². The Balaban J connectivity index is 1.53. The van der Waals surface area contributed by atoms with E-state index in [2.05, 4.69) is 27.0 Å².